The molecule has 160 valence electrons. The van der Waals surface area contributed by atoms with Crippen LogP contribution in [0.2, 0.25) is 0 Å². The molecule has 3 rings (SSSR count). The van der Waals surface area contributed by atoms with Gasteiger partial charge < -0.3 is 5.32 Å². The van der Waals surface area contributed by atoms with Gasteiger partial charge in [0.25, 0.3) is 5.91 Å². The Bertz CT molecular complexity index is 986. The van der Waals surface area contributed by atoms with E-state index in [0.717, 1.165) is 4.88 Å². The minimum absolute atomic E-state index is 0.0938. The molecule has 1 aromatic heterocycles. The van der Waals surface area contributed by atoms with Crippen LogP contribution in [0.5, 0.6) is 0 Å². The van der Waals surface area contributed by atoms with Crippen LogP contribution in [-0.2, 0) is 26.0 Å². The maximum Gasteiger partial charge on any atom is 0.251 e. The van der Waals surface area contributed by atoms with Crippen molar-refractivity contribution in [3.8, 4) is 0 Å². The number of rotatable bonds is 10. The molecule has 1 aromatic carbocycles. The zero-order valence-corrected chi connectivity index (χ0v) is 17.9. The van der Waals surface area contributed by atoms with E-state index < -0.39 is 10.0 Å². The first kappa shape index (κ1) is 22.1. The Morgan fingerprint density at radius 2 is 1.73 bits per heavy atom. The zero-order valence-electron chi connectivity index (χ0n) is 16.3. The summed E-state index contributed by atoms with van der Waals surface area (Å²) in [6.07, 6.45) is 1.59. The van der Waals surface area contributed by atoms with E-state index in [2.05, 4.69) is 10.0 Å². The molecule has 0 bridgehead atoms. The van der Waals surface area contributed by atoms with E-state index >= 15 is 0 Å². The van der Waals surface area contributed by atoms with Crippen molar-refractivity contribution in [3.63, 3.8) is 0 Å². The molecule has 1 saturated heterocycles. The van der Waals surface area contributed by atoms with Crippen LogP contribution in [0.1, 0.15) is 34.5 Å². The summed E-state index contributed by atoms with van der Waals surface area (Å²) in [6.45, 7) is 0.888. The number of nitrogens with one attached hydrogen (secondary N) is 2. The highest BCUT2D eigenvalue weighted by Gasteiger charge is 2.27. The van der Waals surface area contributed by atoms with Crippen molar-refractivity contribution in [2.45, 2.75) is 30.6 Å². The quantitative estimate of drug-likeness (QED) is 0.422. The highest BCUT2D eigenvalue weighted by atomic mass is 32.2. The Balaban J connectivity index is 1.45. The lowest BCUT2D eigenvalue weighted by atomic mass is 10.2. The first-order valence-corrected chi connectivity index (χ1v) is 12.0. The molecule has 2 aromatic rings. The monoisotopic (exact) mass is 449 g/mol. The molecular formula is C20H23N3O5S2. The standard InChI is InChI=1S/C20H23N3O5S2/c24-18-8-9-19(25)23(18)13-2-11-21-20(26)15-4-6-17(7-5-15)30(27,28)22-12-10-16-3-1-14-29-16/h1,3-7,14,22H,2,8-13H2,(H,21,26). The predicted molar refractivity (Wildman–Crippen MR) is 113 cm³/mol. The van der Waals surface area contributed by atoms with Gasteiger partial charge >= 0.3 is 0 Å². The maximum absolute atomic E-state index is 12.4. The second kappa shape index (κ2) is 9.96. The van der Waals surface area contributed by atoms with Crippen LogP contribution in [0.25, 0.3) is 0 Å². The molecular weight excluding hydrogens is 426 g/mol. The van der Waals surface area contributed by atoms with Crippen LogP contribution < -0.4 is 10.0 Å². The maximum atomic E-state index is 12.4. The van der Waals surface area contributed by atoms with Gasteiger partial charge in [0.15, 0.2) is 0 Å². The molecule has 30 heavy (non-hydrogen) atoms. The number of hydrogen-bond acceptors (Lipinski definition) is 6. The van der Waals surface area contributed by atoms with Crippen molar-refractivity contribution in [1.82, 2.24) is 14.9 Å². The Morgan fingerprint density at radius 1 is 1.03 bits per heavy atom. The van der Waals surface area contributed by atoms with E-state index in [4.69, 9.17) is 0 Å². The molecule has 10 heteroatoms. The van der Waals surface area contributed by atoms with Crippen molar-refractivity contribution in [3.05, 3.63) is 52.2 Å². The highest BCUT2D eigenvalue weighted by Crippen LogP contribution is 2.13. The molecule has 0 atom stereocenters. The fraction of sp³-hybridized carbons (Fsp3) is 0.350. The molecule has 1 aliphatic heterocycles. The number of hydrogen-bond donors (Lipinski definition) is 2. The minimum atomic E-state index is -3.64. The number of thiophene rings is 1. The smallest absolute Gasteiger partial charge is 0.251 e. The van der Waals surface area contributed by atoms with Crippen molar-refractivity contribution in [2.75, 3.05) is 19.6 Å². The van der Waals surface area contributed by atoms with E-state index in [9.17, 15) is 22.8 Å². The van der Waals surface area contributed by atoms with Crippen LogP contribution in [0.15, 0.2) is 46.7 Å². The third-order valence-corrected chi connectivity index (χ3v) is 7.08. The van der Waals surface area contributed by atoms with Gasteiger partial charge in [0.05, 0.1) is 4.90 Å². The Kier molecular flexibility index (Phi) is 7.35. The summed E-state index contributed by atoms with van der Waals surface area (Å²) in [5.41, 5.74) is 0.334. The average Bonchev–Trinajstić information content (AvgIpc) is 3.35. The highest BCUT2D eigenvalue weighted by molar-refractivity contribution is 7.89. The van der Waals surface area contributed by atoms with Gasteiger partial charge in [-0.3, -0.25) is 19.3 Å². The number of carbonyl (C=O) groups is 3. The SMILES string of the molecule is O=C(NCCCN1C(=O)CCC1=O)c1ccc(S(=O)(=O)NCCc2cccs2)cc1. The van der Waals surface area contributed by atoms with Crippen LogP contribution >= 0.6 is 11.3 Å². The topological polar surface area (TPSA) is 113 Å². The molecule has 1 aliphatic rings. The first-order chi connectivity index (χ1) is 14.4. The van der Waals surface area contributed by atoms with Gasteiger partial charge in [0.2, 0.25) is 21.8 Å². The molecule has 0 spiro atoms. The van der Waals surface area contributed by atoms with Crippen LogP contribution in [0.3, 0.4) is 0 Å². The minimum Gasteiger partial charge on any atom is -0.352 e. The Hall–Kier alpha value is -2.56. The Morgan fingerprint density at radius 3 is 2.37 bits per heavy atom. The summed E-state index contributed by atoms with van der Waals surface area (Å²) in [7, 11) is -3.64. The fourth-order valence-corrected chi connectivity index (χ4v) is 4.79. The van der Waals surface area contributed by atoms with Crippen molar-refractivity contribution in [1.29, 1.82) is 0 Å². The van der Waals surface area contributed by atoms with Crippen molar-refractivity contribution < 1.29 is 22.8 Å². The molecule has 0 aliphatic carbocycles. The summed E-state index contributed by atoms with van der Waals surface area (Å²) < 4.78 is 27.3. The summed E-state index contributed by atoms with van der Waals surface area (Å²) in [5, 5.41) is 4.65. The number of benzene rings is 1. The third-order valence-electron chi connectivity index (χ3n) is 4.67. The van der Waals surface area contributed by atoms with Crippen molar-refractivity contribution in [2.24, 2.45) is 0 Å². The average molecular weight is 450 g/mol. The van der Waals surface area contributed by atoms with Crippen LogP contribution in [0, 0.1) is 0 Å². The molecule has 2 heterocycles. The number of imide groups is 1. The van der Waals surface area contributed by atoms with E-state index in [1.165, 1.54) is 29.2 Å². The molecule has 2 N–H and O–H groups in total. The van der Waals surface area contributed by atoms with Gasteiger partial charge in [-0.05, 0) is 48.6 Å². The summed E-state index contributed by atoms with van der Waals surface area (Å²) >= 11 is 1.57. The number of carbonyl (C=O) groups excluding carboxylic acids is 3. The fourth-order valence-electron chi connectivity index (χ4n) is 3.05. The lowest BCUT2D eigenvalue weighted by Crippen LogP contribution is -2.33. The third kappa shape index (κ3) is 5.74. The molecule has 8 nitrogen and oxygen atoms in total. The largest absolute Gasteiger partial charge is 0.352 e. The first-order valence-electron chi connectivity index (χ1n) is 9.60. The van der Waals surface area contributed by atoms with Gasteiger partial charge in [-0.15, -0.1) is 11.3 Å². The number of nitrogens with zero attached hydrogens (tertiary/aromatic N) is 1. The molecule has 0 radical (unpaired) electrons. The molecule has 0 saturated carbocycles. The van der Waals surface area contributed by atoms with Crippen molar-refractivity contribution >= 4 is 39.1 Å². The predicted octanol–water partition coefficient (Wildman–Crippen LogP) is 1.54. The normalized spacial score (nSPS) is 14.3. The van der Waals surface area contributed by atoms with Gasteiger partial charge in [-0.1, -0.05) is 6.07 Å². The lowest BCUT2D eigenvalue weighted by Gasteiger charge is -2.13. The summed E-state index contributed by atoms with van der Waals surface area (Å²) in [4.78, 5) is 37.7. The lowest BCUT2D eigenvalue weighted by molar-refractivity contribution is -0.138. The number of likely N-dealkylation sites (tertiary alicyclic amines) is 1. The van der Waals surface area contributed by atoms with Gasteiger partial charge in [-0.2, -0.15) is 0 Å². The van der Waals surface area contributed by atoms with Gasteiger partial charge in [0, 0.05) is 42.9 Å². The summed E-state index contributed by atoms with van der Waals surface area (Å²) in [5.74, 6) is -0.692. The molecule has 1 fully saturated rings. The molecule has 0 unspecified atom stereocenters. The second-order valence-electron chi connectivity index (χ2n) is 6.80. The second-order valence-corrected chi connectivity index (χ2v) is 9.60. The van der Waals surface area contributed by atoms with Gasteiger partial charge in [-0.25, -0.2) is 13.1 Å². The van der Waals surface area contributed by atoms with Gasteiger partial charge in [0.1, 0.15) is 0 Å². The van der Waals surface area contributed by atoms with Crippen LogP contribution in [0.4, 0.5) is 0 Å². The Labute approximate surface area is 179 Å². The summed E-state index contributed by atoms with van der Waals surface area (Å²) in [6, 6.07) is 9.57. The van der Waals surface area contributed by atoms with E-state index in [1.54, 1.807) is 11.3 Å². The van der Waals surface area contributed by atoms with E-state index in [1.807, 2.05) is 17.5 Å². The van der Waals surface area contributed by atoms with E-state index in [0.29, 0.717) is 31.5 Å². The number of amides is 3. The van der Waals surface area contributed by atoms with Crippen LogP contribution in [-0.4, -0.2) is 50.7 Å². The zero-order chi connectivity index (χ0) is 21.6. The van der Waals surface area contributed by atoms with E-state index in [-0.39, 0.29) is 42.0 Å². The number of sulfonamides is 1. The molecule has 3 amide bonds.